The van der Waals surface area contributed by atoms with Crippen molar-refractivity contribution in [2.45, 2.75) is 38.5 Å². The maximum absolute atomic E-state index is 11.3. The van der Waals surface area contributed by atoms with Crippen LogP contribution in [0, 0.1) is 12.8 Å². The topological polar surface area (TPSA) is 122 Å². The number of para-hydroxylation sites is 1. The number of H-pyrrole nitrogens is 1. The van der Waals surface area contributed by atoms with Crippen LogP contribution in [-0.2, 0) is 4.79 Å². The molecule has 4 N–H and O–H groups in total. The average molecular weight is 390 g/mol. The third kappa shape index (κ3) is 2.83. The molecule has 0 spiro atoms. The Morgan fingerprint density at radius 3 is 2.79 bits per heavy atom. The molecule has 148 valence electrons. The summed E-state index contributed by atoms with van der Waals surface area (Å²) in [7, 11) is 0. The Bertz CT molecular complexity index is 1230. The zero-order valence-corrected chi connectivity index (χ0v) is 16.1. The van der Waals surface area contributed by atoms with E-state index >= 15 is 0 Å². The van der Waals surface area contributed by atoms with Crippen molar-refractivity contribution < 1.29 is 9.90 Å². The Morgan fingerprint density at radius 1 is 1.28 bits per heavy atom. The van der Waals surface area contributed by atoms with Gasteiger partial charge >= 0.3 is 5.97 Å². The monoisotopic (exact) mass is 390 g/mol. The molecule has 5 rings (SSSR count). The summed E-state index contributed by atoms with van der Waals surface area (Å²) in [5, 5.41) is 14.8. The molecule has 29 heavy (non-hydrogen) atoms. The summed E-state index contributed by atoms with van der Waals surface area (Å²) in [5.74, 6) is 0.365. The molecule has 1 fully saturated rings. The van der Waals surface area contributed by atoms with Gasteiger partial charge in [0.2, 0.25) is 0 Å². The SMILES string of the molecule is Cc1cccc2cc(-c3nc(C4CCC(C(=O)O)CC4)n4ncnc(N)c34)[nH]c12. The van der Waals surface area contributed by atoms with E-state index in [1.807, 2.05) is 6.07 Å². The van der Waals surface area contributed by atoms with E-state index in [0.29, 0.717) is 24.2 Å². The van der Waals surface area contributed by atoms with Crippen LogP contribution in [0.4, 0.5) is 5.82 Å². The molecule has 0 atom stereocenters. The third-order valence-electron chi connectivity index (χ3n) is 6.05. The second-order valence-electron chi connectivity index (χ2n) is 7.83. The lowest BCUT2D eigenvalue weighted by Gasteiger charge is -2.24. The van der Waals surface area contributed by atoms with Crippen LogP contribution in [0.5, 0.6) is 0 Å². The van der Waals surface area contributed by atoms with Gasteiger partial charge in [-0.1, -0.05) is 18.2 Å². The number of carboxylic acids is 1. The number of carbonyl (C=O) groups is 1. The van der Waals surface area contributed by atoms with E-state index in [1.54, 1.807) is 4.52 Å². The van der Waals surface area contributed by atoms with E-state index < -0.39 is 5.97 Å². The number of rotatable bonds is 3. The number of aromatic nitrogens is 5. The van der Waals surface area contributed by atoms with Gasteiger partial charge in [-0.15, -0.1) is 0 Å². The molecule has 3 heterocycles. The number of hydrogen-bond donors (Lipinski definition) is 3. The van der Waals surface area contributed by atoms with Gasteiger partial charge in [-0.2, -0.15) is 5.10 Å². The summed E-state index contributed by atoms with van der Waals surface area (Å²) in [6, 6.07) is 8.23. The Hall–Kier alpha value is -3.42. The van der Waals surface area contributed by atoms with Crippen LogP contribution >= 0.6 is 0 Å². The van der Waals surface area contributed by atoms with Crippen LogP contribution in [-0.4, -0.2) is 35.6 Å². The van der Waals surface area contributed by atoms with Gasteiger partial charge in [-0.25, -0.2) is 14.5 Å². The molecule has 1 aromatic carbocycles. The van der Waals surface area contributed by atoms with E-state index in [-0.39, 0.29) is 11.8 Å². The number of aliphatic carboxylic acids is 1. The highest BCUT2D eigenvalue weighted by molar-refractivity contribution is 5.92. The molecule has 1 aliphatic carbocycles. The van der Waals surface area contributed by atoms with Crippen molar-refractivity contribution >= 4 is 28.2 Å². The van der Waals surface area contributed by atoms with Crippen molar-refractivity contribution in [2.75, 3.05) is 5.73 Å². The quantitative estimate of drug-likeness (QED) is 0.492. The van der Waals surface area contributed by atoms with Crippen molar-refractivity contribution in [1.29, 1.82) is 0 Å². The number of nitrogen functional groups attached to an aromatic ring is 1. The van der Waals surface area contributed by atoms with Crippen LogP contribution in [0.15, 0.2) is 30.6 Å². The maximum Gasteiger partial charge on any atom is 0.306 e. The predicted octanol–water partition coefficient (Wildman–Crippen LogP) is 3.52. The number of imidazole rings is 1. The number of anilines is 1. The number of benzene rings is 1. The van der Waals surface area contributed by atoms with E-state index in [2.05, 4.69) is 40.2 Å². The Balaban J connectivity index is 1.63. The molecule has 8 nitrogen and oxygen atoms in total. The van der Waals surface area contributed by atoms with E-state index in [9.17, 15) is 9.90 Å². The summed E-state index contributed by atoms with van der Waals surface area (Å²) < 4.78 is 1.78. The summed E-state index contributed by atoms with van der Waals surface area (Å²) in [4.78, 5) is 23.9. The van der Waals surface area contributed by atoms with Gasteiger partial charge in [0, 0.05) is 16.8 Å². The Labute approximate surface area is 166 Å². The minimum Gasteiger partial charge on any atom is -0.481 e. The second-order valence-corrected chi connectivity index (χ2v) is 7.83. The lowest BCUT2D eigenvalue weighted by molar-refractivity contribution is -0.142. The van der Waals surface area contributed by atoms with Gasteiger partial charge in [-0.3, -0.25) is 4.79 Å². The predicted molar refractivity (Wildman–Crippen MR) is 110 cm³/mol. The smallest absolute Gasteiger partial charge is 0.306 e. The molecular formula is C21H22N6O2. The van der Waals surface area contributed by atoms with Gasteiger partial charge in [0.05, 0.1) is 11.6 Å². The molecule has 0 bridgehead atoms. The average Bonchev–Trinajstić information content (AvgIpc) is 3.31. The summed E-state index contributed by atoms with van der Waals surface area (Å²) in [6.07, 6.45) is 4.28. The van der Waals surface area contributed by atoms with Crippen LogP contribution in [0.1, 0.15) is 43.0 Å². The first-order valence-corrected chi connectivity index (χ1v) is 9.83. The fourth-order valence-corrected chi connectivity index (χ4v) is 4.46. The Morgan fingerprint density at radius 2 is 2.07 bits per heavy atom. The fraction of sp³-hybridized carbons (Fsp3) is 0.333. The molecule has 0 saturated heterocycles. The van der Waals surface area contributed by atoms with Gasteiger partial charge < -0.3 is 15.8 Å². The molecule has 8 heteroatoms. The number of fused-ring (bicyclic) bond motifs is 2. The Kier molecular flexibility index (Phi) is 4.01. The maximum atomic E-state index is 11.3. The minimum atomic E-state index is -0.711. The molecule has 1 saturated carbocycles. The third-order valence-corrected chi connectivity index (χ3v) is 6.05. The summed E-state index contributed by atoms with van der Waals surface area (Å²) in [6.45, 7) is 2.07. The summed E-state index contributed by atoms with van der Waals surface area (Å²) in [5.41, 5.74) is 10.7. The number of hydrogen-bond acceptors (Lipinski definition) is 5. The van der Waals surface area contributed by atoms with E-state index in [0.717, 1.165) is 46.5 Å². The van der Waals surface area contributed by atoms with E-state index in [4.69, 9.17) is 10.7 Å². The number of nitrogens with two attached hydrogens (primary N) is 1. The highest BCUT2D eigenvalue weighted by Crippen LogP contribution is 2.38. The van der Waals surface area contributed by atoms with Crippen molar-refractivity contribution in [3.63, 3.8) is 0 Å². The first-order chi connectivity index (χ1) is 14.0. The minimum absolute atomic E-state index is 0.146. The molecule has 0 unspecified atom stereocenters. The van der Waals surface area contributed by atoms with Crippen LogP contribution < -0.4 is 5.73 Å². The largest absolute Gasteiger partial charge is 0.481 e. The lowest BCUT2D eigenvalue weighted by atomic mass is 9.82. The van der Waals surface area contributed by atoms with Crippen molar-refractivity contribution in [1.82, 2.24) is 24.6 Å². The number of aromatic amines is 1. The van der Waals surface area contributed by atoms with Gasteiger partial charge in [-0.05, 0) is 44.2 Å². The molecule has 0 aliphatic heterocycles. The van der Waals surface area contributed by atoms with Crippen LogP contribution in [0.25, 0.3) is 27.8 Å². The molecule has 3 aromatic heterocycles. The number of nitrogens with zero attached hydrogens (tertiary/aromatic N) is 4. The first kappa shape index (κ1) is 17.7. The van der Waals surface area contributed by atoms with E-state index in [1.165, 1.54) is 6.33 Å². The number of aryl methyl sites for hydroxylation is 1. The van der Waals surface area contributed by atoms with Gasteiger partial charge in [0.1, 0.15) is 23.4 Å². The highest BCUT2D eigenvalue weighted by atomic mass is 16.4. The second kappa shape index (κ2) is 6.58. The van der Waals surface area contributed by atoms with Crippen molar-refractivity contribution in [3.05, 3.63) is 42.0 Å². The zero-order chi connectivity index (χ0) is 20.1. The highest BCUT2D eigenvalue weighted by Gasteiger charge is 2.31. The zero-order valence-electron chi connectivity index (χ0n) is 16.1. The fourth-order valence-electron chi connectivity index (χ4n) is 4.46. The van der Waals surface area contributed by atoms with Gasteiger partial charge in [0.25, 0.3) is 0 Å². The molecular weight excluding hydrogens is 368 g/mol. The lowest BCUT2D eigenvalue weighted by Crippen LogP contribution is -2.21. The van der Waals surface area contributed by atoms with Crippen molar-refractivity contribution in [3.8, 4) is 11.4 Å². The molecule has 0 radical (unpaired) electrons. The normalized spacial score (nSPS) is 19.8. The number of nitrogens with one attached hydrogen (secondary N) is 1. The molecule has 0 amide bonds. The van der Waals surface area contributed by atoms with Crippen LogP contribution in [0.3, 0.4) is 0 Å². The standard InChI is InChI=1S/C21H22N6O2/c1-11-3-2-4-14-9-15(25-16(11)14)17-18-19(22)23-10-24-27(18)20(26-17)12-5-7-13(8-6-12)21(28)29/h2-4,9-10,12-13,25H,5-8H2,1H3,(H,28,29)(H2,22,23,24). The molecule has 1 aliphatic rings. The number of carboxylic acid groups (broad SMARTS) is 1. The van der Waals surface area contributed by atoms with Gasteiger partial charge in [0.15, 0.2) is 5.82 Å². The summed E-state index contributed by atoms with van der Waals surface area (Å²) >= 11 is 0. The van der Waals surface area contributed by atoms with Crippen LogP contribution in [0.2, 0.25) is 0 Å². The first-order valence-electron chi connectivity index (χ1n) is 9.83. The molecule has 4 aromatic rings. The van der Waals surface area contributed by atoms with Crippen molar-refractivity contribution in [2.24, 2.45) is 5.92 Å².